The van der Waals surface area contributed by atoms with Gasteiger partial charge in [0.2, 0.25) is 0 Å². The number of ether oxygens (including phenoxy) is 8. The maximum Gasteiger partial charge on any atom is 0.163 e. The fourth-order valence-corrected chi connectivity index (χ4v) is 6.00. The normalized spacial score (nSPS) is 10.2. The minimum absolute atomic E-state index is 0. The van der Waals surface area contributed by atoms with Crippen LogP contribution in [0.1, 0.15) is 59.9 Å². The molecule has 0 spiro atoms. The SMILES string of the molecule is CCCOc1cc(/C=C/C(=O)CC(=O)/C=C/c2ccc(OCC[NH3+])c(OCC[NH3+])c2)ccc1OC.COc1ccc(/C=C/C(=O)CC(=O)/C=C/c2ccc(OCC[NH3+])c(OCC[NH3+])c2)cc1OCC[NH3+].[Cl-].[Cl-].[Cl-].[Cl-].[Cl-].[Cl-].[HH].[HH].[HH].[HH].[HH].[HH].[HH].[HH]. The molecule has 15 N–H and O–H groups in total. The van der Waals surface area contributed by atoms with Crippen LogP contribution in [0.5, 0.6) is 46.0 Å². The number of carbonyl (C=O) groups is 4. The van der Waals surface area contributed by atoms with E-state index in [4.69, 9.17) is 37.9 Å². The molecule has 0 saturated carbocycles. The summed E-state index contributed by atoms with van der Waals surface area (Å²) in [7, 11) is 3.14. The standard InChI is InChI=1S/C27H34N2O6.C26H33N3O6.6ClH.8H2/c1-3-14-33-26-17-20(6-10-24(26)32-2)4-8-22(30)19-23(31)9-5-21-7-11-25(34-15-12-28)27(18-21)35-16-13-29;1-32-23-8-4-19(16-25(23)34-14-11-28)2-6-21(30)18-22(31)7-3-20-5-9-24(33-13-10-27)26(17-20)35-15-12-29;;;;;;;;;;;;;;/h4-11,17-18H,3,12-16,19,28-29H2,1-2H3;2-9,16-17H,10-15,18,27-29H2,1H3;14*1H/p-1/b8-4+,9-5+;6-2+,7-3+;;;;;;;;;;;;;;. The fourth-order valence-electron chi connectivity index (χ4n) is 6.00. The van der Waals surface area contributed by atoms with E-state index in [0.29, 0.717) is 118 Å². The summed E-state index contributed by atoms with van der Waals surface area (Å²) < 4.78 is 44.6. The highest BCUT2D eigenvalue weighted by atomic mass is 35.5. The number of carbonyl (C=O) groups excluding carboxylic acids is 4. The average Bonchev–Trinajstić information content (AvgIpc) is 3.37. The molecule has 4 rings (SSSR count). The van der Waals surface area contributed by atoms with Crippen molar-refractivity contribution in [3.8, 4) is 46.0 Å². The van der Waals surface area contributed by atoms with Gasteiger partial charge >= 0.3 is 0 Å². The Morgan fingerprint density at radius 3 is 0.829 bits per heavy atom. The lowest BCUT2D eigenvalue weighted by Gasteiger charge is -2.11. The van der Waals surface area contributed by atoms with Crippen molar-refractivity contribution in [2.75, 3.05) is 86.6 Å². The molecule has 0 amide bonds. The molecule has 0 radical (unpaired) electrons. The maximum absolute atomic E-state index is 12.3. The van der Waals surface area contributed by atoms with Crippen molar-refractivity contribution in [2.24, 2.45) is 0 Å². The van der Waals surface area contributed by atoms with Gasteiger partial charge < -0.3 is 141 Å². The predicted octanol–water partition coefficient (Wildman–Crippen LogP) is -14.2. The minimum atomic E-state index is -0.300. The van der Waals surface area contributed by atoms with Crippen LogP contribution >= 0.6 is 0 Å². The zero-order valence-electron chi connectivity index (χ0n) is 43.1. The summed E-state index contributed by atoms with van der Waals surface area (Å²) in [6.45, 7) is 8.03. The monoisotopic (exact) mass is 1200 g/mol. The van der Waals surface area contributed by atoms with Gasteiger partial charge in [0.05, 0.1) is 33.7 Å². The van der Waals surface area contributed by atoms with E-state index < -0.39 is 0 Å². The molecule has 0 aliphatic carbocycles. The molecule has 440 valence electrons. The zero-order chi connectivity index (χ0) is 50.9. The van der Waals surface area contributed by atoms with Crippen molar-refractivity contribution in [1.82, 2.24) is 0 Å². The van der Waals surface area contributed by atoms with E-state index in [1.54, 1.807) is 93.1 Å². The Balaban J connectivity index is -0.000000106. The van der Waals surface area contributed by atoms with Gasteiger partial charge in [-0.2, -0.15) is 0 Å². The number of methoxy groups -OCH3 is 2. The van der Waals surface area contributed by atoms with Crippen molar-refractivity contribution in [1.29, 1.82) is 0 Å². The highest BCUT2D eigenvalue weighted by Gasteiger charge is 2.12. The number of ketones is 4. The van der Waals surface area contributed by atoms with E-state index in [9.17, 15) is 19.2 Å². The van der Waals surface area contributed by atoms with Crippen LogP contribution in [-0.2, 0) is 19.2 Å². The first-order chi connectivity index (χ1) is 34.0. The lowest BCUT2D eigenvalue weighted by Crippen LogP contribution is -3.00. The smallest absolute Gasteiger partial charge is 0.163 e. The van der Waals surface area contributed by atoms with Crippen LogP contribution in [0.4, 0.5) is 0 Å². The van der Waals surface area contributed by atoms with Gasteiger partial charge in [-0.3, -0.25) is 19.2 Å². The molecule has 0 bridgehead atoms. The van der Waals surface area contributed by atoms with Gasteiger partial charge in [-0.05, 0) is 102 Å². The molecule has 0 saturated heterocycles. The molecule has 0 aromatic heterocycles. The highest BCUT2D eigenvalue weighted by Crippen LogP contribution is 2.32. The van der Waals surface area contributed by atoms with Gasteiger partial charge in [0.25, 0.3) is 0 Å². The Morgan fingerprint density at radius 2 is 0.592 bits per heavy atom. The first-order valence-electron chi connectivity index (χ1n) is 23.2. The topological polar surface area (TPSA) is 280 Å². The average molecular weight is 1200 g/mol. The highest BCUT2D eigenvalue weighted by molar-refractivity contribution is 6.11. The van der Waals surface area contributed by atoms with Crippen molar-refractivity contribution in [3.63, 3.8) is 0 Å². The maximum atomic E-state index is 12.3. The van der Waals surface area contributed by atoms with Gasteiger partial charge in [-0.15, -0.1) is 0 Å². The van der Waals surface area contributed by atoms with Crippen LogP contribution in [0.15, 0.2) is 97.1 Å². The van der Waals surface area contributed by atoms with Crippen molar-refractivity contribution in [3.05, 3.63) is 119 Å². The molecular weight excluding hydrogens is 1110 g/mol. The second-order valence-corrected chi connectivity index (χ2v) is 15.1. The van der Waals surface area contributed by atoms with Crippen molar-refractivity contribution < 1.29 is 172 Å². The van der Waals surface area contributed by atoms with Crippen LogP contribution in [-0.4, -0.2) is 110 Å². The molecule has 17 nitrogen and oxygen atoms in total. The minimum Gasteiger partial charge on any atom is -1.00 e. The lowest BCUT2D eigenvalue weighted by atomic mass is 10.1. The van der Waals surface area contributed by atoms with Crippen molar-refractivity contribution >= 4 is 47.4 Å². The molecule has 0 aliphatic heterocycles. The zero-order valence-corrected chi connectivity index (χ0v) is 47.7. The first-order valence-corrected chi connectivity index (χ1v) is 23.2. The molecule has 76 heavy (non-hydrogen) atoms. The summed E-state index contributed by atoms with van der Waals surface area (Å²) in [4.78, 5) is 49.2. The fraction of sp³-hybridized carbons (Fsp3) is 0.321. The summed E-state index contributed by atoms with van der Waals surface area (Å²) in [5.41, 5.74) is 21.9. The Bertz CT molecular complexity index is 2300. The molecule has 4 aromatic rings. The second-order valence-electron chi connectivity index (χ2n) is 15.1. The largest absolute Gasteiger partial charge is 1.00 e. The number of quaternary nitrogens is 5. The van der Waals surface area contributed by atoms with Gasteiger partial charge in [0.15, 0.2) is 69.1 Å². The number of hydrogen-bond donors (Lipinski definition) is 5. The number of halogens is 6. The molecule has 23 heteroatoms. The predicted molar refractivity (Wildman–Crippen MR) is 283 cm³/mol. The third-order valence-electron chi connectivity index (χ3n) is 9.33. The number of rotatable bonds is 32. The third-order valence-corrected chi connectivity index (χ3v) is 9.33. The molecule has 0 heterocycles. The van der Waals surface area contributed by atoms with E-state index in [-0.39, 0.29) is 122 Å². The Morgan fingerprint density at radius 1 is 0.368 bits per heavy atom. The molecule has 0 unspecified atom stereocenters. The van der Waals surface area contributed by atoms with Crippen LogP contribution in [0.2, 0.25) is 0 Å². The number of hydrogen-bond acceptors (Lipinski definition) is 12. The van der Waals surface area contributed by atoms with E-state index >= 15 is 0 Å². The van der Waals surface area contributed by atoms with Gasteiger partial charge in [0, 0.05) is 11.4 Å². The third kappa shape index (κ3) is 29.7. The lowest BCUT2D eigenvalue weighted by molar-refractivity contribution is -0.372. The van der Waals surface area contributed by atoms with Crippen LogP contribution in [0.3, 0.4) is 0 Å². The quantitative estimate of drug-likeness (QED) is 0.0225. The van der Waals surface area contributed by atoms with Crippen LogP contribution in [0.25, 0.3) is 24.3 Å². The molecular formula is C53H88Cl6N5O12-. The van der Waals surface area contributed by atoms with E-state index in [1.165, 1.54) is 24.3 Å². The molecule has 0 atom stereocenters. The summed E-state index contributed by atoms with van der Waals surface area (Å²) in [6, 6.07) is 21.6. The van der Waals surface area contributed by atoms with Gasteiger partial charge in [0.1, 0.15) is 65.8 Å². The van der Waals surface area contributed by atoms with Crippen molar-refractivity contribution in [2.45, 2.75) is 26.2 Å². The summed E-state index contributed by atoms with van der Waals surface area (Å²) in [5.74, 6) is 3.63. The van der Waals surface area contributed by atoms with Gasteiger partial charge in [-0.1, -0.05) is 55.5 Å². The van der Waals surface area contributed by atoms with Crippen LogP contribution < -0.4 is 141 Å². The first kappa shape index (κ1) is 77.0. The second kappa shape index (κ2) is 45.6. The Kier molecular flexibility index (Phi) is 46.2. The number of benzene rings is 4. The molecule has 0 fully saturated rings. The number of allylic oxidation sites excluding steroid dienone is 4. The summed E-state index contributed by atoms with van der Waals surface area (Å²) in [5, 5.41) is 0. The van der Waals surface area contributed by atoms with Crippen LogP contribution in [0, 0.1) is 0 Å². The van der Waals surface area contributed by atoms with E-state index in [2.05, 4.69) is 28.7 Å². The van der Waals surface area contributed by atoms with Gasteiger partial charge in [-0.25, -0.2) is 0 Å². The Labute approximate surface area is 494 Å². The van der Waals surface area contributed by atoms with E-state index in [0.717, 1.165) is 28.7 Å². The molecule has 0 aliphatic rings. The summed E-state index contributed by atoms with van der Waals surface area (Å²) in [6.07, 6.45) is 12.6. The molecule has 4 aromatic carbocycles. The Hall–Kier alpha value is -5.54. The summed E-state index contributed by atoms with van der Waals surface area (Å²) >= 11 is 0. The van der Waals surface area contributed by atoms with E-state index in [1.807, 2.05) is 25.1 Å².